The first-order chi connectivity index (χ1) is 16.0. The Morgan fingerprint density at radius 2 is 1.82 bits per heavy atom. The molecule has 1 amide bonds. The van der Waals surface area contributed by atoms with Crippen LogP contribution >= 0.6 is 0 Å². The average Bonchev–Trinajstić information content (AvgIpc) is 3.34. The third kappa shape index (κ3) is 6.65. The molecule has 0 aliphatic heterocycles. The molecule has 0 bridgehead atoms. The fourth-order valence-electron chi connectivity index (χ4n) is 3.15. The van der Waals surface area contributed by atoms with Crippen LogP contribution in [-0.4, -0.2) is 26.2 Å². The average molecular weight is 447 g/mol. The van der Waals surface area contributed by atoms with Gasteiger partial charge < -0.3 is 23.9 Å². The number of carbonyl (C=O) groups is 1. The van der Waals surface area contributed by atoms with Crippen LogP contribution in [0, 0.1) is 25.2 Å². The van der Waals surface area contributed by atoms with Gasteiger partial charge in [-0.3, -0.25) is 4.79 Å². The van der Waals surface area contributed by atoms with E-state index in [1.165, 1.54) is 25.0 Å². The Hall–Kier alpha value is -4.18. The minimum Gasteiger partial charge on any atom is -0.493 e. The summed E-state index contributed by atoms with van der Waals surface area (Å²) in [6.45, 7) is 4.95. The van der Waals surface area contributed by atoms with Crippen molar-refractivity contribution in [3.8, 4) is 23.3 Å². The Morgan fingerprint density at radius 1 is 1.06 bits per heavy atom. The van der Waals surface area contributed by atoms with Crippen molar-refractivity contribution >= 4 is 12.0 Å². The van der Waals surface area contributed by atoms with Gasteiger partial charge in [-0.25, -0.2) is 0 Å². The third-order valence-corrected chi connectivity index (χ3v) is 4.80. The van der Waals surface area contributed by atoms with E-state index >= 15 is 0 Å². The minimum absolute atomic E-state index is 0.0286. The predicted octanol–water partition coefficient (Wildman–Crippen LogP) is 4.59. The molecular formula is C26H26N2O5. The molecule has 0 spiro atoms. The highest BCUT2D eigenvalue weighted by Gasteiger charge is 2.11. The lowest BCUT2D eigenvalue weighted by molar-refractivity contribution is -0.117. The summed E-state index contributed by atoms with van der Waals surface area (Å²) < 4.78 is 22.2. The van der Waals surface area contributed by atoms with E-state index in [9.17, 15) is 10.1 Å². The van der Waals surface area contributed by atoms with Gasteiger partial charge in [-0.15, -0.1) is 0 Å². The van der Waals surface area contributed by atoms with Gasteiger partial charge in [0, 0.05) is 0 Å². The van der Waals surface area contributed by atoms with Gasteiger partial charge in [-0.2, -0.15) is 5.26 Å². The molecule has 0 radical (unpaired) electrons. The molecular weight excluding hydrogens is 420 g/mol. The van der Waals surface area contributed by atoms with Crippen LogP contribution in [0.1, 0.15) is 22.5 Å². The number of nitrogens with zero attached hydrogens (tertiary/aromatic N) is 1. The molecule has 1 N–H and O–H groups in total. The summed E-state index contributed by atoms with van der Waals surface area (Å²) in [5.74, 6) is 1.97. The topological polar surface area (TPSA) is 93.7 Å². The van der Waals surface area contributed by atoms with Gasteiger partial charge in [0.15, 0.2) is 11.5 Å². The molecule has 170 valence electrons. The maximum Gasteiger partial charge on any atom is 0.262 e. The third-order valence-electron chi connectivity index (χ3n) is 4.80. The zero-order chi connectivity index (χ0) is 23.6. The van der Waals surface area contributed by atoms with Crippen molar-refractivity contribution in [3.05, 3.63) is 82.8 Å². The summed E-state index contributed by atoms with van der Waals surface area (Å²) in [5, 5.41) is 12.1. The highest BCUT2D eigenvalue weighted by atomic mass is 16.5. The van der Waals surface area contributed by atoms with E-state index in [1.54, 1.807) is 30.3 Å². The SMILES string of the molecule is COc1cc(C=C(C#N)C(=O)NCc2ccco2)ccc1OCCOc1ccc(C)cc1C. The van der Waals surface area contributed by atoms with E-state index in [-0.39, 0.29) is 12.1 Å². The van der Waals surface area contributed by atoms with Crippen molar-refractivity contribution in [2.45, 2.75) is 20.4 Å². The second kappa shape index (κ2) is 11.4. The summed E-state index contributed by atoms with van der Waals surface area (Å²) >= 11 is 0. The zero-order valence-corrected chi connectivity index (χ0v) is 18.9. The van der Waals surface area contributed by atoms with E-state index in [2.05, 4.69) is 11.4 Å². The number of amides is 1. The maximum absolute atomic E-state index is 12.3. The molecule has 0 fully saturated rings. The number of carbonyl (C=O) groups excluding carboxylic acids is 1. The number of rotatable bonds is 10. The zero-order valence-electron chi connectivity index (χ0n) is 18.9. The van der Waals surface area contributed by atoms with Crippen molar-refractivity contribution in [2.75, 3.05) is 20.3 Å². The molecule has 0 saturated heterocycles. The molecule has 0 aliphatic carbocycles. The number of furan rings is 1. The van der Waals surface area contributed by atoms with Gasteiger partial charge in [0.1, 0.15) is 36.4 Å². The Balaban J connectivity index is 1.59. The van der Waals surface area contributed by atoms with Crippen LogP contribution in [0.25, 0.3) is 6.08 Å². The van der Waals surface area contributed by atoms with Gasteiger partial charge in [0.05, 0.1) is 19.9 Å². The molecule has 1 aromatic heterocycles. The van der Waals surface area contributed by atoms with Crippen LogP contribution in [0.3, 0.4) is 0 Å². The second-order valence-electron chi connectivity index (χ2n) is 7.31. The van der Waals surface area contributed by atoms with Gasteiger partial charge in [0.2, 0.25) is 0 Å². The summed E-state index contributed by atoms with van der Waals surface area (Å²) in [7, 11) is 1.53. The fourth-order valence-corrected chi connectivity index (χ4v) is 3.15. The Morgan fingerprint density at radius 3 is 2.48 bits per heavy atom. The van der Waals surface area contributed by atoms with Crippen molar-refractivity contribution in [1.82, 2.24) is 5.32 Å². The highest BCUT2D eigenvalue weighted by Crippen LogP contribution is 2.29. The second-order valence-corrected chi connectivity index (χ2v) is 7.31. The molecule has 2 aromatic carbocycles. The Bertz CT molecular complexity index is 1160. The van der Waals surface area contributed by atoms with Crippen LogP contribution in [0.2, 0.25) is 0 Å². The molecule has 7 heteroatoms. The first-order valence-electron chi connectivity index (χ1n) is 10.4. The van der Waals surface area contributed by atoms with Crippen LogP contribution in [0.5, 0.6) is 17.2 Å². The van der Waals surface area contributed by atoms with Gasteiger partial charge in [0.25, 0.3) is 5.91 Å². The van der Waals surface area contributed by atoms with Crippen LogP contribution in [0.4, 0.5) is 0 Å². The smallest absolute Gasteiger partial charge is 0.262 e. The fraction of sp³-hybridized carbons (Fsp3) is 0.231. The molecule has 3 aromatic rings. The monoisotopic (exact) mass is 446 g/mol. The maximum atomic E-state index is 12.3. The van der Waals surface area contributed by atoms with Crippen LogP contribution in [0.15, 0.2) is 64.8 Å². The lowest BCUT2D eigenvalue weighted by atomic mass is 10.1. The summed E-state index contributed by atoms with van der Waals surface area (Å²) in [4.78, 5) is 12.3. The Labute approximate surface area is 193 Å². The van der Waals surface area contributed by atoms with Crippen molar-refractivity contribution in [2.24, 2.45) is 0 Å². The lowest BCUT2D eigenvalue weighted by Gasteiger charge is -2.13. The number of nitriles is 1. The highest BCUT2D eigenvalue weighted by molar-refractivity contribution is 6.01. The number of nitrogens with one attached hydrogen (secondary N) is 1. The molecule has 0 aliphatic rings. The lowest BCUT2D eigenvalue weighted by Crippen LogP contribution is -2.23. The van der Waals surface area contributed by atoms with Crippen LogP contribution < -0.4 is 19.5 Å². The molecule has 0 unspecified atom stereocenters. The molecule has 3 rings (SSSR count). The Kier molecular flexibility index (Phi) is 8.14. The molecule has 1 heterocycles. The normalized spacial score (nSPS) is 10.9. The van der Waals surface area contributed by atoms with Gasteiger partial charge in [-0.1, -0.05) is 23.8 Å². The number of hydrogen-bond donors (Lipinski definition) is 1. The number of ether oxygens (including phenoxy) is 3. The van der Waals surface area contributed by atoms with Crippen molar-refractivity contribution in [1.29, 1.82) is 5.26 Å². The van der Waals surface area contributed by atoms with Crippen molar-refractivity contribution < 1.29 is 23.4 Å². The van der Waals surface area contributed by atoms with Crippen molar-refractivity contribution in [3.63, 3.8) is 0 Å². The summed E-state index contributed by atoms with van der Waals surface area (Å²) in [6, 6.07) is 16.6. The largest absolute Gasteiger partial charge is 0.493 e. The van der Waals surface area contributed by atoms with E-state index in [0.717, 1.165) is 11.3 Å². The number of aryl methyl sites for hydroxylation is 2. The van der Waals surface area contributed by atoms with Gasteiger partial charge in [-0.05, 0) is 61.4 Å². The van der Waals surface area contributed by atoms with Crippen LogP contribution in [-0.2, 0) is 11.3 Å². The number of hydrogen-bond acceptors (Lipinski definition) is 6. The van der Waals surface area contributed by atoms with E-state index < -0.39 is 5.91 Å². The van der Waals surface area contributed by atoms with E-state index in [4.69, 9.17) is 18.6 Å². The number of benzene rings is 2. The van der Waals surface area contributed by atoms with Gasteiger partial charge >= 0.3 is 0 Å². The first kappa shape index (κ1) is 23.5. The van der Waals surface area contributed by atoms with E-state index in [0.29, 0.717) is 36.0 Å². The first-order valence-corrected chi connectivity index (χ1v) is 10.4. The quantitative estimate of drug-likeness (QED) is 0.278. The summed E-state index contributed by atoms with van der Waals surface area (Å²) in [5.41, 5.74) is 2.87. The predicted molar refractivity (Wildman–Crippen MR) is 124 cm³/mol. The summed E-state index contributed by atoms with van der Waals surface area (Å²) in [6.07, 6.45) is 3.02. The molecule has 0 saturated carbocycles. The van der Waals surface area contributed by atoms with E-state index in [1.807, 2.05) is 32.0 Å². The molecule has 33 heavy (non-hydrogen) atoms. The molecule has 0 atom stereocenters. The number of methoxy groups -OCH3 is 1. The standard InChI is InChI=1S/C26H26N2O5/c1-18-6-8-23(19(2)13-18)32-11-12-33-24-9-7-20(15-25(24)30-3)14-21(16-27)26(29)28-17-22-5-4-10-31-22/h4-10,13-15H,11-12,17H2,1-3H3,(H,28,29). The minimum atomic E-state index is -0.489. The molecule has 7 nitrogen and oxygen atoms in total.